The smallest absolute Gasteiger partial charge is 0.145 e. The number of nitrogen functional groups attached to an aromatic ring is 1. The summed E-state index contributed by atoms with van der Waals surface area (Å²) in [6.07, 6.45) is 1.43. The molecular weight excluding hydrogens is 387 g/mol. The van der Waals surface area contributed by atoms with E-state index in [1.54, 1.807) is 36.4 Å². The van der Waals surface area contributed by atoms with Crippen LogP contribution in [-0.2, 0) is 6.61 Å². The molecule has 0 fully saturated rings. The van der Waals surface area contributed by atoms with Gasteiger partial charge in [-0.2, -0.15) is 4.68 Å². The number of hydrogen-bond acceptors (Lipinski definition) is 5. The van der Waals surface area contributed by atoms with Crippen LogP contribution in [0.1, 0.15) is 11.1 Å². The molecule has 0 aliphatic heterocycles. The summed E-state index contributed by atoms with van der Waals surface area (Å²) >= 11 is 12.3. The Morgan fingerprint density at radius 2 is 1.92 bits per heavy atom. The van der Waals surface area contributed by atoms with Gasteiger partial charge in [0, 0.05) is 21.2 Å². The highest BCUT2D eigenvalue weighted by Crippen LogP contribution is 2.28. The minimum atomic E-state index is -0.0648. The molecule has 0 spiro atoms. The van der Waals surface area contributed by atoms with Crippen molar-refractivity contribution in [2.24, 2.45) is 5.73 Å². The molecule has 130 valence electrons. The molecule has 3 rings (SSSR count). The van der Waals surface area contributed by atoms with Gasteiger partial charge in [0.15, 0.2) is 0 Å². The van der Waals surface area contributed by atoms with E-state index >= 15 is 0 Å². The summed E-state index contributed by atoms with van der Waals surface area (Å²) in [7, 11) is 0. The Bertz CT molecular complexity index is 865. The number of nitrogens with zero attached hydrogens (tertiary/aromatic N) is 4. The molecule has 0 aliphatic carbocycles. The monoisotopic (exact) mass is 398 g/mol. The maximum atomic E-state index is 7.56. The Labute approximate surface area is 159 Å². The highest BCUT2D eigenvalue weighted by molar-refractivity contribution is 6.35. The van der Waals surface area contributed by atoms with Crippen molar-refractivity contribution in [3.63, 3.8) is 0 Å². The Hall–Kier alpha value is -2.35. The van der Waals surface area contributed by atoms with Crippen molar-refractivity contribution in [1.82, 2.24) is 20.2 Å². The van der Waals surface area contributed by atoms with Gasteiger partial charge < -0.3 is 10.5 Å². The van der Waals surface area contributed by atoms with Crippen LogP contribution in [-0.4, -0.2) is 26.0 Å². The Morgan fingerprint density at radius 3 is 2.52 bits per heavy atom. The van der Waals surface area contributed by atoms with Crippen LogP contribution in [0.25, 0.3) is 5.69 Å². The molecule has 3 aromatic rings. The summed E-state index contributed by atoms with van der Waals surface area (Å²) in [5, 5.41) is 19.7. The summed E-state index contributed by atoms with van der Waals surface area (Å²) in [4.78, 5) is 0. The zero-order valence-electron chi connectivity index (χ0n) is 12.7. The first-order chi connectivity index (χ1) is 11.6. The molecule has 2 aromatic carbocycles. The van der Waals surface area contributed by atoms with Gasteiger partial charge in [-0.1, -0.05) is 29.3 Å². The van der Waals surface area contributed by atoms with E-state index in [1.807, 2.05) is 0 Å². The summed E-state index contributed by atoms with van der Waals surface area (Å²) in [6, 6.07) is 10.3. The lowest BCUT2D eigenvalue weighted by atomic mass is 10.1. The first-order valence-corrected chi connectivity index (χ1v) is 7.59. The molecule has 0 saturated carbocycles. The number of amidine groups is 1. The number of halogens is 3. The fourth-order valence-electron chi connectivity index (χ4n) is 2.08. The van der Waals surface area contributed by atoms with E-state index in [0.717, 1.165) is 0 Å². The Morgan fingerprint density at radius 1 is 1.20 bits per heavy atom. The molecule has 0 bridgehead atoms. The van der Waals surface area contributed by atoms with Gasteiger partial charge in [-0.3, -0.25) is 5.41 Å². The average molecular weight is 400 g/mol. The maximum Gasteiger partial charge on any atom is 0.145 e. The van der Waals surface area contributed by atoms with E-state index in [9.17, 15) is 0 Å². The second kappa shape index (κ2) is 8.15. The molecule has 7 nitrogen and oxygen atoms in total. The van der Waals surface area contributed by atoms with Crippen molar-refractivity contribution in [3.8, 4) is 11.4 Å². The van der Waals surface area contributed by atoms with E-state index < -0.39 is 0 Å². The number of hydrogen-bond donors (Lipinski definition) is 2. The lowest BCUT2D eigenvalue weighted by Gasteiger charge is -2.13. The van der Waals surface area contributed by atoms with Crippen LogP contribution < -0.4 is 10.5 Å². The van der Waals surface area contributed by atoms with E-state index in [2.05, 4.69) is 15.5 Å². The van der Waals surface area contributed by atoms with Crippen molar-refractivity contribution < 1.29 is 4.74 Å². The number of benzene rings is 2. The first-order valence-electron chi connectivity index (χ1n) is 6.84. The number of nitrogens with two attached hydrogens (primary N) is 1. The van der Waals surface area contributed by atoms with Gasteiger partial charge in [0.1, 0.15) is 30.2 Å². The lowest BCUT2D eigenvalue weighted by molar-refractivity contribution is 0.304. The molecule has 0 saturated heterocycles. The summed E-state index contributed by atoms with van der Waals surface area (Å²) in [6.45, 7) is 0.174. The fraction of sp³-hybridized carbons (Fsp3) is 0.0667. The molecule has 1 aromatic heterocycles. The molecule has 0 atom stereocenters. The summed E-state index contributed by atoms with van der Waals surface area (Å²) < 4.78 is 7.27. The molecule has 0 aliphatic rings. The highest BCUT2D eigenvalue weighted by Gasteiger charge is 2.12. The van der Waals surface area contributed by atoms with E-state index in [0.29, 0.717) is 32.6 Å². The predicted octanol–water partition coefficient (Wildman–Crippen LogP) is 3.25. The quantitative estimate of drug-likeness (QED) is 0.506. The van der Waals surface area contributed by atoms with Crippen molar-refractivity contribution in [2.75, 3.05) is 0 Å². The zero-order chi connectivity index (χ0) is 17.1. The minimum absolute atomic E-state index is 0. The van der Waals surface area contributed by atoms with Gasteiger partial charge in [-0.05, 0) is 40.8 Å². The third-order valence-corrected chi connectivity index (χ3v) is 4.01. The van der Waals surface area contributed by atoms with Crippen LogP contribution in [0.3, 0.4) is 0 Å². The molecule has 1 heterocycles. The number of rotatable bonds is 5. The standard InChI is InChI=1S/C15H12Cl2N6O.ClH/c16-11-2-1-3-12(17)10(11)7-24-14-5-4-9(15(18)19)6-13(14)23-8-20-21-22-23;/h1-6,8H,7H2,(H3,18,19);1H. The SMILES string of the molecule is Cl.N=C(N)c1ccc(OCc2c(Cl)cccc2Cl)c(-n2cnnn2)c1. The minimum Gasteiger partial charge on any atom is -0.487 e. The fourth-order valence-corrected chi connectivity index (χ4v) is 2.58. The summed E-state index contributed by atoms with van der Waals surface area (Å²) in [5.41, 5.74) is 7.30. The first kappa shape index (κ1) is 19.0. The Balaban J connectivity index is 0.00000225. The van der Waals surface area contributed by atoms with Crippen LogP contribution in [0, 0.1) is 5.41 Å². The third kappa shape index (κ3) is 4.19. The largest absolute Gasteiger partial charge is 0.487 e. The normalized spacial score (nSPS) is 10.2. The number of aromatic nitrogens is 4. The topological polar surface area (TPSA) is 103 Å². The maximum absolute atomic E-state index is 7.56. The van der Waals surface area contributed by atoms with E-state index in [1.165, 1.54) is 11.0 Å². The number of nitrogens with one attached hydrogen (secondary N) is 1. The lowest BCUT2D eigenvalue weighted by Crippen LogP contribution is -2.12. The predicted molar refractivity (Wildman–Crippen MR) is 98.2 cm³/mol. The molecular formula is C15H13Cl3N6O. The van der Waals surface area contributed by atoms with E-state index in [-0.39, 0.29) is 24.8 Å². The van der Waals surface area contributed by atoms with Crippen molar-refractivity contribution in [3.05, 3.63) is 63.9 Å². The highest BCUT2D eigenvalue weighted by atomic mass is 35.5. The van der Waals surface area contributed by atoms with Gasteiger partial charge in [0.05, 0.1) is 0 Å². The van der Waals surface area contributed by atoms with Crippen molar-refractivity contribution in [1.29, 1.82) is 5.41 Å². The van der Waals surface area contributed by atoms with Gasteiger partial charge in [-0.15, -0.1) is 17.5 Å². The number of tetrazole rings is 1. The van der Waals surface area contributed by atoms with Gasteiger partial charge in [0.2, 0.25) is 0 Å². The van der Waals surface area contributed by atoms with Crippen LogP contribution in [0.4, 0.5) is 0 Å². The molecule has 3 N–H and O–H groups in total. The van der Waals surface area contributed by atoms with Gasteiger partial charge >= 0.3 is 0 Å². The van der Waals surface area contributed by atoms with E-state index in [4.69, 9.17) is 39.1 Å². The van der Waals surface area contributed by atoms with Crippen LogP contribution in [0.2, 0.25) is 10.0 Å². The molecule has 0 unspecified atom stereocenters. The molecule has 10 heteroatoms. The summed E-state index contributed by atoms with van der Waals surface area (Å²) in [5.74, 6) is 0.438. The van der Waals surface area contributed by atoms with Gasteiger partial charge in [-0.25, -0.2) is 0 Å². The van der Waals surface area contributed by atoms with Crippen LogP contribution >= 0.6 is 35.6 Å². The van der Waals surface area contributed by atoms with Crippen molar-refractivity contribution >= 4 is 41.4 Å². The second-order valence-electron chi connectivity index (χ2n) is 4.84. The third-order valence-electron chi connectivity index (χ3n) is 3.30. The Kier molecular flexibility index (Phi) is 6.19. The van der Waals surface area contributed by atoms with Gasteiger partial charge in [0.25, 0.3) is 0 Å². The second-order valence-corrected chi connectivity index (χ2v) is 5.65. The van der Waals surface area contributed by atoms with Crippen molar-refractivity contribution in [2.45, 2.75) is 6.61 Å². The zero-order valence-corrected chi connectivity index (χ0v) is 15.0. The molecule has 0 amide bonds. The van der Waals surface area contributed by atoms with Crippen LogP contribution in [0.5, 0.6) is 5.75 Å². The molecule has 25 heavy (non-hydrogen) atoms. The average Bonchev–Trinajstić information content (AvgIpc) is 3.08. The van der Waals surface area contributed by atoms with Crippen LogP contribution in [0.15, 0.2) is 42.7 Å². The number of ether oxygens (including phenoxy) is 1. The molecule has 0 radical (unpaired) electrons.